The van der Waals surface area contributed by atoms with Crippen LogP contribution in [0.4, 0.5) is 5.69 Å². The van der Waals surface area contributed by atoms with Crippen molar-refractivity contribution >= 4 is 11.6 Å². The van der Waals surface area contributed by atoms with E-state index in [1.165, 1.54) is 0 Å². The van der Waals surface area contributed by atoms with E-state index in [1.54, 1.807) is 12.5 Å². The summed E-state index contributed by atoms with van der Waals surface area (Å²) in [7, 11) is 0. The fourth-order valence-electron chi connectivity index (χ4n) is 2.56. The van der Waals surface area contributed by atoms with Crippen molar-refractivity contribution in [3.05, 3.63) is 60.2 Å². The lowest BCUT2D eigenvalue weighted by Crippen LogP contribution is -2.19. The summed E-state index contributed by atoms with van der Waals surface area (Å²) in [6.07, 6.45) is 5.26. The zero-order valence-corrected chi connectivity index (χ0v) is 14.3. The minimum atomic E-state index is -0.212. The van der Waals surface area contributed by atoms with Gasteiger partial charge in [-0.3, -0.25) is 4.79 Å². The summed E-state index contributed by atoms with van der Waals surface area (Å²) < 4.78 is 3.87. The van der Waals surface area contributed by atoms with Gasteiger partial charge in [0.1, 0.15) is 0 Å². The highest BCUT2D eigenvalue weighted by Gasteiger charge is 2.14. The predicted octanol–water partition coefficient (Wildman–Crippen LogP) is 3.52. The number of nitrogens with zero attached hydrogens (tertiary/aromatic N) is 4. The second kappa shape index (κ2) is 6.31. The van der Waals surface area contributed by atoms with Crippen LogP contribution in [0.2, 0.25) is 0 Å². The summed E-state index contributed by atoms with van der Waals surface area (Å²) in [5, 5.41) is 2.89. The molecule has 1 aromatic carbocycles. The summed E-state index contributed by atoms with van der Waals surface area (Å²) >= 11 is 0. The molecular weight excluding hydrogens is 302 g/mol. The summed E-state index contributed by atoms with van der Waals surface area (Å²) in [4.78, 5) is 20.9. The predicted molar refractivity (Wildman–Crippen MR) is 93.6 cm³/mol. The lowest BCUT2D eigenvalue weighted by atomic mass is 10.2. The Kier molecular flexibility index (Phi) is 4.20. The van der Waals surface area contributed by atoms with Gasteiger partial charge in [-0.25, -0.2) is 9.97 Å². The van der Waals surface area contributed by atoms with Crippen molar-refractivity contribution in [2.45, 2.75) is 33.7 Å². The third-order valence-electron chi connectivity index (χ3n) is 4.08. The molecule has 2 heterocycles. The van der Waals surface area contributed by atoms with Crippen LogP contribution in [0.3, 0.4) is 0 Å². The van der Waals surface area contributed by atoms with Crippen LogP contribution < -0.4 is 5.32 Å². The third-order valence-corrected chi connectivity index (χ3v) is 4.08. The van der Waals surface area contributed by atoms with Crippen LogP contribution >= 0.6 is 0 Å². The van der Waals surface area contributed by atoms with Gasteiger partial charge in [0.05, 0.1) is 12.0 Å². The monoisotopic (exact) mass is 323 g/mol. The maximum atomic E-state index is 12.4. The maximum absolute atomic E-state index is 12.4. The topological polar surface area (TPSA) is 64.7 Å². The molecule has 0 saturated heterocycles. The molecule has 6 heteroatoms. The number of benzene rings is 1. The minimum absolute atomic E-state index is 0.183. The number of nitrogens with one attached hydrogen (secondary N) is 1. The lowest BCUT2D eigenvalue weighted by molar-refractivity contribution is 0.101. The first-order chi connectivity index (χ1) is 11.5. The molecule has 3 rings (SSSR count). The van der Waals surface area contributed by atoms with E-state index >= 15 is 0 Å². The molecule has 24 heavy (non-hydrogen) atoms. The molecule has 0 spiro atoms. The van der Waals surface area contributed by atoms with Gasteiger partial charge >= 0.3 is 0 Å². The van der Waals surface area contributed by atoms with Crippen molar-refractivity contribution in [1.82, 2.24) is 19.1 Å². The van der Waals surface area contributed by atoms with Crippen LogP contribution in [-0.4, -0.2) is 25.0 Å². The van der Waals surface area contributed by atoms with Crippen molar-refractivity contribution in [2.24, 2.45) is 0 Å². The van der Waals surface area contributed by atoms with E-state index in [1.807, 2.05) is 67.3 Å². The van der Waals surface area contributed by atoms with E-state index in [9.17, 15) is 4.79 Å². The first kappa shape index (κ1) is 16.0. The van der Waals surface area contributed by atoms with Gasteiger partial charge in [-0.2, -0.15) is 0 Å². The van der Waals surface area contributed by atoms with Crippen LogP contribution in [-0.2, 0) is 0 Å². The SMILES string of the molecule is Cc1ncn(-c2ccc(NC(=O)c3nccn3C(C)C)cc2)c1C. The highest BCUT2D eigenvalue weighted by atomic mass is 16.2. The largest absolute Gasteiger partial charge is 0.324 e. The van der Waals surface area contributed by atoms with Gasteiger partial charge in [-0.1, -0.05) is 0 Å². The highest BCUT2D eigenvalue weighted by molar-refractivity contribution is 6.01. The highest BCUT2D eigenvalue weighted by Crippen LogP contribution is 2.17. The Bertz CT molecular complexity index is 858. The number of anilines is 1. The molecule has 1 amide bonds. The van der Waals surface area contributed by atoms with Gasteiger partial charge in [0.2, 0.25) is 0 Å². The number of hydrogen-bond donors (Lipinski definition) is 1. The third kappa shape index (κ3) is 2.95. The molecule has 3 aromatic rings. The van der Waals surface area contributed by atoms with Gasteiger partial charge in [0, 0.05) is 35.5 Å². The molecule has 0 fully saturated rings. The van der Waals surface area contributed by atoms with Gasteiger partial charge in [0.15, 0.2) is 5.82 Å². The smallest absolute Gasteiger partial charge is 0.291 e. The Morgan fingerprint density at radius 2 is 1.83 bits per heavy atom. The number of carbonyl (C=O) groups excluding carboxylic acids is 1. The van der Waals surface area contributed by atoms with Crippen LogP contribution in [0, 0.1) is 13.8 Å². The van der Waals surface area contributed by atoms with E-state index in [4.69, 9.17) is 0 Å². The second-order valence-corrected chi connectivity index (χ2v) is 6.04. The molecule has 0 bridgehead atoms. The van der Waals surface area contributed by atoms with Gasteiger partial charge < -0.3 is 14.5 Å². The average molecular weight is 323 g/mol. The molecular formula is C18H21N5O. The average Bonchev–Trinajstić information content (AvgIpc) is 3.17. The molecule has 1 N–H and O–H groups in total. The standard InChI is InChI=1S/C18H21N5O/c1-12(2)22-10-9-19-17(22)18(24)21-15-5-7-16(8-6-15)23-11-20-13(3)14(23)4/h5-12H,1-4H3,(H,21,24). The van der Waals surface area contributed by atoms with Crippen LogP contribution in [0.1, 0.15) is 41.9 Å². The van der Waals surface area contributed by atoms with Crippen LogP contribution in [0.15, 0.2) is 43.0 Å². The van der Waals surface area contributed by atoms with E-state index < -0.39 is 0 Å². The Morgan fingerprint density at radius 1 is 1.12 bits per heavy atom. The minimum Gasteiger partial charge on any atom is -0.324 e. The van der Waals surface area contributed by atoms with Crippen molar-refractivity contribution in [3.8, 4) is 5.69 Å². The quantitative estimate of drug-likeness (QED) is 0.799. The summed E-state index contributed by atoms with van der Waals surface area (Å²) in [5.74, 6) is 0.200. The Labute approximate surface area is 141 Å². The Morgan fingerprint density at radius 3 is 2.42 bits per heavy atom. The molecule has 0 atom stereocenters. The van der Waals surface area contributed by atoms with Crippen molar-refractivity contribution in [3.63, 3.8) is 0 Å². The number of aromatic nitrogens is 4. The van der Waals surface area contributed by atoms with Crippen LogP contribution in [0.5, 0.6) is 0 Å². The number of rotatable bonds is 4. The fraction of sp³-hybridized carbons (Fsp3) is 0.278. The summed E-state index contributed by atoms with van der Waals surface area (Å²) in [5.41, 5.74) is 3.85. The van der Waals surface area contributed by atoms with Crippen molar-refractivity contribution in [2.75, 3.05) is 5.32 Å². The second-order valence-electron chi connectivity index (χ2n) is 6.04. The lowest BCUT2D eigenvalue weighted by Gasteiger charge is -2.12. The van der Waals surface area contributed by atoms with E-state index in [2.05, 4.69) is 15.3 Å². The van der Waals surface area contributed by atoms with E-state index in [0.717, 1.165) is 22.8 Å². The molecule has 124 valence electrons. The number of carbonyl (C=O) groups is 1. The Balaban J connectivity index is 1.78. The molecule has 0 saturated carbocycles. The van der Waals surface area contributed by atoms with Gasteiger partial charge in [-0.15, -0.1) is 0 Å². The molecule has 0 aliphatic carbocycles. The normalized spacial score (nSPS) is 11.0. The van der Waals surface area contributed by atoms with Crippen molar-refractivity contribution < 1.29 is 4.79 Å². The zero-order valence-electron chi connectivity index (χ0n) is 14.3. The number of aryl methyl sites for hydroxylation is 1. The first-order valence-corrected chi connectivity index (χ1v) is 7.92. The first-order valence-electron chi connectivity index (χ1n) is 7.92. The number of imidazole rings is 2. The van der Waals surface area contributed by atoms with E-state index in [0.29, 0.717) is 5.82 Å². The van der Waals surface area contributed by atoms with Crippen LogP contribution in [0.25, 0.3) is 5.69 Å². The zero-order chi connectivity index (χ0) is 17.3. The molecule has 0 aliphatic rings. The van der Waals surface area contributed by atoms with Gasteiger partial charge in [0.25, 0.3) is 5.91 Å². The van der Waals surface area contributed by atoms with Gasteiger partial charge in [-0.05, 0) is 52.0 Å². The number of amides is 1. The van der Waals surface area contributed by atoms with Crippen molar-refractivity contribution in [1.29, 1.82) is 0 Å². The maximum Gasteiger partial charge on any atom is 0.291 e. The molecule has 6 nitrogen and oxygen atoms in total. The summed E-state index contributed by atoms with van der Waals surface area (Å²) in [6, 6.07) is 7.86. The van der Waals surface area contributed by atoms with E-state index in [-0.39, 0.29) is 11.9 Å². The molecule has 0 aliphatic heterocycles. The fourth-order valence-corrected chi connectivity index (χ4v) is 2.56. The Hall–Kier alpha value is -2.89. The molecule has 0 unspecified atom stereocenters. The molecule has 0 radical (unpaired) electrons. The summed E-state index contributed by atoms with van der Waals surface area (Å²) in [6.45, 7) is 8.05. The molecule has 2 aromatic heterocycles. The number of hydrogen-bond acceptors (Lipinski definition) is 3.